The number of hydrogen-bond acceptors (Lipinski definition) is 6. The van der Waals surface area contributed by atoms with E-state index < -0.39 is 5.92 Å². The third-order valence-electron chi connectivity index (χ3n) is 3.32. The summed E-state index contributed by atoms with van der Waals surface area (Å²) in [6.07, 6.45) is 0.311. The minimum absolute atomic E-state index is 0.113. The molecule has 0 bridgehead atoms. The van der Waals surface area contributed by atoms with E-state index in [-0.39, 0.29) is 17.7 Å². The lowest BCUT2D eigenvalue weighted by molar-refractivity contribution is -0.121. The molecule has 1 unspecified atom stereocenters. The number of methoxy groups -OCH3 is 3. The molecule has 0 fully saturated rings. The number of carbonyl (C=O) groups excluding carboxylic acids is 1. The van der Waals surface area contributed by atoms with E-state index in [1.165, 1.54) is 21.3 Å². The van der Waals surface area contributed by atoms with Crippen LogP contribution in [0.15, 0.2) is 17.1 Å². The van der Waals surface area contributed by atoms with Crippen molar-refractivity contribution in [1.29, 1.82) is 5.41 Å². The van der Waals surface area contributed by atoms with Gasteiger partial charge in [0.05, 0.1) is 27.2 Å². The Morgan fingerprint density at radius 1 is 1.23 bits per heavy atom. The Morgan fingerprint density at radius 2 is 1.82 bits per heavy atom. The number of rotatable bonds is 5. The summed E-state index contributed by atoms with van der Waals surface area (Å²) in [4.78, 5) is 15.7. The van der Waals surface area contributed by atoms with Crippen molar-refractivity contribution in [2.75, 3.05) is 21.3 Å². The van der Waals surface area contributed by atoms with Crippen LogP contribution in [0.2, 0.25) is 0 Å². The molecule has 1 aliphatic rings. The molecule has 2 rings (SSSR count). The number of nitrogens with one attached hydrogen (secondary N) is 2. The zero-order chi connectivity index (χ0) is 16.3. The Bertz CT molecular complexity index is 617. The maximum atomic E-state index is 12.0. The van der Waals surface area contributed by atoms with E-state index in [4.69, 9.17) is 25.4 Å². The van der Waals surface area contributed by atoms with Crippen molar-refractivity contribution in [1.82, 2.24) is 5.32 Å². The average Bonchev–Trinajstić information content (AvgIpc) is 2.49. The first-order chi connectivity index (χ1) is 10.5. The number of amides is 1. The van der Waals surface area contributed by atoms with Crippen molar-refractivity contribution in [3.05, 3.63) is 17.7 Å². The lowest BCUT2D eigenvalue weighted by Crippen LogP contribution is -2.47. The van der Waals surface area contributed by atoms with Gasteiger partial charge >= 0.3 is 0 Å². The lowest BCUT2D eigenvalue weighted by atomic mass is 9.96. The molecule has 1 amide bonds. The molecule has 8 heteroatoms. The highest BCUT2D eigenvalue weighted by Crippen LogP contribution is 2.38. The summed E-state index contributed by atoms with van der Waals surface area (Å²) in [6.45, 7) is 0. The molecule has 8 nitrogen and oxygen atoms in total. The summed E-state index contributed by atoms with van der Waals surface area (Å²) < 4.78 is 15.8. The zero-order valence-electron chi connectivity index (χ0n) is 12.6. The second kappa shape index (κ2) is 6.33. The highest BCUT2D eigenvalue weighted by Gasteiger charge is 2.28. The first-order valence-electron chi connectivity index (χ1n) is 6.52. The molecule has 0 radical (unpaired) electrons. The number of amidine groups is 1. The number of aliphatic imine (C=N–C) groups is 1. The summed E-state index contributed by atoms with van der Waals surface area (Å²) in [5, 5.41) is 9.69. The fourth-order valence-corrected chi connectivity index (χ4v) is 2.26. The molecule has 0 spiro atoms. The van der Waals surface area contributed by atoms with Gasteiger partial charge in [0, 0.05) is 0 Å². The van der Waals surface area contributed by atoms with E-state index in [1.807, 2.05) is 0 Å². The Kier molecular flexibility index (Phi) is 4.50. The summed E-state index contributed by atoms with van der Waals surface area (Å²) in [5.41, 5.74) is 6.54. The first kappa shape index (κ1) is 15.6. The molecule has 1 heterocycles. The number of nitrogens with zero attached hydrogens (tertiary/aromatic N) is 1. The molecule has 4 N–H and O–H groups in total. The summed E-state index contributed by atoms with van der Waals surface area (Å²) >= 11 is 0. The predicted octanol–water partition coefficient (Wildman–Crippen LogP) is 0.293. The molecule has 1 aromatic rings. The molecule has 0 aromatic heterocycles. The van der Waals surface area contributed by atoms with Crippen LogP contribution >= 0.6 is 0 Å². The molecular formula is C14H18N4O4. The van der Waals surface area contributed by atoms with Crippen LogP contribution in [-0.2, 0) is 11.2 Å². The van der Waals surface area contributed by atoms with Gasteiger partial charge in [-0.25, -0.2) is 0 Å². The number of nitrogens with two attached hydrogens (primary N) is 1. The van der Waals surface area contributed by atoms with E-state index in [9.17, 15) is 4.79 Å². The van der Waals surface area contributed by atoms with Gasteiger partial charge in [0.2, 0.25) is 17.6 Å². The van der Waals surface area contributed by atoms with Crippen molar-refractivity contribution in [3.8, 4) is 17.2 Å². The fraction of sp³-hybridized carbons (Fsp3) is 0.357. The van der Waals surface area contributed by atoms with Gasteiger partial charge in [-0.2, -0.15) is 4.99 Å². The number of carbonyl (C=O) groups is 1. The van der Waals surface area contributed by atoms with Crippen LogP contribution in [-0.4, -0.2) is 39.0 Å². The largest absolute Gasteiger partial charge is 0.493 e. The Balaban J connectivity index is 2.35. The quantitative estimate of drug-likeness (QED) is 0.722. The van der Waals surface area contributed by atoms with Gasteiger partial charge in [-0.15, -0.1) is 0 Å². The number of hydrogen-bond donors (Lipinski definition) is 3. The van der Waals surface area contributed by atoms with E-state index in [0.29, 0.717) is 23.7 Å². The zero-order valence-corrected chi connectivity index (χ0v) is 12.6. The van der Waals surface area contributed by atoms with Gasteiger partial charge in [0.25, 0.3) is 0 Å². The highest BCUT2D eigenvalue weighted by atomic mass is 16.5. The van der Waals surface area contributed by atoms with Crippen LogP contribution in [0.1, 0.15) is 5.56 Å². The Morgan fingerprint density at radius 3 is 2.27 bits per heavy atom. The molecule has 0 saturated heterocycles. The predicted molar refractivity (Wildman–Crippen MR) is 80.8 cm³/mol. The molecule has 1 aliphatic heterocycles. The second-order valence-electron chi connectivity index (χ2n) is 4.66. The van der Waals surface area contributed by atoms with Gasteiger partial charge < -0.3 is 19.9 Å². The summed E-state index contributed by atoms with van der Waals surface area (Å²) in [6, 6.07) is 3.50. The average molecular weight is 306 g/mol. The van der Waals surface area contributed by atoms with Gasteiger partial charge in [-0.1, -0.05) is 0 Å². The third-order valence-corrected chi connectivity index (χ3v) is 3.32. The van der Waals surface area contributed by atoms with Crippen molar-refractivity contribution in [2.24, 2.45) is 16.6 Å². The molecule has 1 aromatic carbocycles. The van der Waals surface area contributed by atoms with Crippen LogP contribution in [0.4, 0.5) is 0 Å². The molecular weight excluding hydrogens is 288 g/mol. The van der Waals surface area contributed by atoms with Crippen LogP contribution in [0.5, 0.6) is 17.2 Å². The minimum atomic E-state index is -0.642. The number of ether oxygens (including phenoxy) is 3. The summed E-state index contributed by atoms with van der Waals surface area (Å²) in [7, 11) is 4.56. The number of benzene rings is 1. The molecule has 0 saturated carbocycles. The van der Waals surface area contributed by atoms with E-state index in [2.05, 4.69) is 10.3 Å². The lowest BCUT2D eigenvalue weighted by Gasteiger charge is -2.21. The highest BCUT2D eigenvalue weighted by molar-refractivity contribution is 6.15. The molecule has 118 valence electrons. The third kappa shape index (κ3) is 2.95. The minimum Gasteiger partial charge on any atom is -0.493 e. The van der Waals surface area contributed by atoms with E-state index in [1.54, 1.807) is 12.1 Å². The van der Waals surface area contributed by atoms with Crippen molar-refractivity contribution in [2.45, 2.75) is 6.42 Å². The summed E-state index contributed by atoms with van der Waals surface area (Å²) in [5.74, 6) is 0.340. The van der Waals surface area contributed by atoms with Gasteiger partial charge in [-0.05, 0) is 24.1 Å². The van der Waals surface area contributed by atoms with Gasteiger partial charge in [0.15, 0.2) is 11.5 Å². The first-order valence-corrected chi connectivity index (χ1v) is 6.52. The maximum absolute atomic E-state index is 12.0. The SMILES string of the molecule is COc1cc(CC2C(=O)NC(=N)N=C2N)cc(OC)c1OC. The Hall–Kier alpha value is -2.77. The van der Waals surface area contributed by atoms with Gasteiger partial charge in [-0.3, -0.25) is 15.5 Å². The van der Waals surface area contributed by atoms with Crippen LogP contribution in [0.3, 0.4) is 0 Å². The van der Waals surface area contributed by atoms with Crippen LogP contribution < -0.4 is 25.3 Å². The second-order valence-corrected chi connectivity index (χ2v) is 4.66. The normalized spacial score (nSPS) is 17.6. The molecule has 1 atom stereocenters. The van der Waals surface area contributed by atoms with Crippen molar-refractivity contribution in [3.63, 3.8) is 0 Å². The fourth-order valence-electron chi connectivity index (χ4n) is 2.26. The standard InChI is InChI=1S/C14H18N4O4/c1-20-9-5-7(6-10(21-2)11(9)22-3)4-8-12(15)17-14(16)18-13(8)19/h5-6,8H,4H2,1-3H3,(H4,15,16,17,18,19). The molecule has 22 heavy (non-hydrogen) atoms. The van der Waals surface area contributed by atoms with Crippen LogP contribution in [0, 0.1) is 11.3 Å². The van der Waals surface area contributed by atoms with E-state index in [0.717, 1.165) is 5.56 Å². The monoisotopic (exact) mass is 306 g/mol. The van der Waals surface area contributed by atoms with Crippen molar-refractivity contribution < 1.29 is 19.0 Å². The van der Waals surface area contributed by atoms with Crippen molar-refractivity contribution >= 4 is 17.7 Å². The van der Waals surface area contributed by atoms with E-state index >= 15 is 0 Å². The maximum Gasteiger partial charge on any atom is 0.237 e. The Labute approximate surface area is 127 Å². The molecule has 0 aliphatic carbocycles. The smallest absolute Gasteiger partial charge is 0.237 e. The topological polar surface area (TPSA) is 119 Å². The number of guanidine groups is 1. The van der Waals surface area contributed by atoms with Crippen LogP contribution in [0.25, 0.3) is 0 Å². The van der Waals surface area contributed by atoms with Gasteiger partial charge in [0.1, 0.15) is 5.84 Å².